The fourth-order valence-electron chi connectivity index (χ4n) is 1.68. The molecule has 0 aliphatic rings. The summed E-state index contributed by atoms with van der Waals surface area (Å²) in [5, 5.41) is 13.1. The van der Waals surface area contributed by atoms with Crippen LogP contribution < -0.4 is 5.32 Å². The molecule has 0 saturated carbocycles. The van der Waals surface area contributed by atoms with E-state index in [-0.39, 0.29) is 5.82 Å². The molecule has 0 unspecified atom stereocenters. The maximum Gasteiger partial charge on any atom is 0.151 e. The van der Waals surface area contributed by atoms with Gasteiger partial charge in [0.1, 0.15) is 5.01 Å². The third-order valence-electron chi connectivity index (χ3n) is 2.64. The molecule has 0 atom stereocenters. The molecule has 2 aromatic rings. The number of nitrogens with one attached hydrogen (secondary N) is 1. The summed E-state index contributed by atoms with van der Waals surface area (Å²) in [4.78, 5) is 3.73. The van der Waals surface area contributed by atoms with Gasteiger partial charge in [0, 0.05) is 12.6 Å². The van der Waals surface area contributed by atoms with Crippen molar-refractivity contribution in [3.63, 3.8) is 0 Å². The van der Waals surface area contributed by atoms with Crippen molar-refractivity contribution in [2.45, 2.75) is 26.2 Å². The van der Waals surface area contributed by atoms with Crippen LogP contribution in [0.15, 0.2) is 18.5 Å². The lowest BCUT2D eigenvalue weighted by Crippen LogP contribution is -2.16. The summed E-state index contributed by atoms with van der Waals surface area (Å²) < 4.78 is 13.5. The Balaban J connectivity index is 1.91. The number of hydrogen-bond acceptors (Lipinski definition) is 5. The Morgan fingerprint density at radius 3 is 3.00 bits per heavy atom. The average Bonchev–Trinajstić information content (AvgIpc) is 2.88. The van der Waals surface area contributed by atoms with Gasteiger partial charge in [0.25, 0.3) is 0 Å². The van der Waals surface area contributed by atoms with Gasteiger partial charge in [-0.25, -0.2) is 4.39 Å². The topological polar surface area (TPSA) is 50.7 Å². The first kappa shape index (κ1) is 14.0. The van der Waals surface area contributed by atoms with Crippen LogP contribution in [0.5, 0.6) is 0 Å². The van der Waals surface area contributed by atoms with Crippen LogP contribution in [0.1, 0.15) is 24.8 Å². The molecule has 2 heterocycles. The third-order valence-corrected chi connectivity index (χ3v) is 3.66. The first-order valence-electron chi connectivity index (χ1n) is 6.44. The number of aryl methyl sites for hydroxylation is 1. The zero-order chi connectivity index (χ0) is 13.5. The van der Waals surface area contributed by atoms with Crippen molar-refractivity contribution in [1.29, 1.82) is 0 Å². The lowest BCUT2D eigenvalue weighted by atomic mass is 10.3. The number of hydrogen-bond donors (Lipinski definition) is 1. The molecule has 4 nitrogen and oxygen atoms in total. The maximum absolute atomic E-state index is 13.5. The van der Waals surface area contributed by atoms with Crippen LogP contribution in [-0.2, 0) is 6.42 Å². The smallest absolute Gasteiger partial charge is 0.151 e. The summed E-state index contributed by atoms with van der Waals surface area (Å²) in [5.41, 5.74) is 0.475. The van der Waals surface area contributed by atoms with Gasteiger partial charge in [-0.2, -0.15) is 0 Å². The summed E-state index contributed by atoms with van der Waals surface area (Å²) in [6, 6.07) is 1.63. The molecule has 6 heteroatoms. The highest BCUT2D eigenvalue weighted by molar-refractivity contribution is 7.14. The van der Waals surface area contributed by atoms with E-state index in [0.29, 0.717) is 10.6 Å². The third kappa shape index (κ3) is 4.04. The van der Waals surface area contributed by atoms with Gasteiger partial charge >= 0.3 is 0 Å². The molecule has 0 fully saturated rings. The molecule has 0 radical (unpaired) electrons. The van der Waals surface area contributed by atoms with Crippen molar-refractivity contribution in [2.24, 2.45) is 0 Å². The highest BCUT2D eigenvalue weighted by Gasteiger charge is 2.10. The van der Waals surface area contributed by atoms with Gasteiger partial charge in [0.15, 0.2) is 10.8 Å². The molecule has 0 amide bonds. The largest absolute Gasteiger partial charge is 0.317 e. The summed E-state index contributed by atoms with van der Waals surface area (Å²) in [5.74, 6) is -0.352. The van der Waals surface area contributed by atoms with Crippen molar-refractivity contribution in [1.82, 2.24) is 20.5 Å². The van der Waals surface area contributed by atoms with Gasteiger partial charge in [-0.1, -0.05) is 18.3 Å². The van der Waals surface area contributed by atoms with Crippen molar-refractivity contribution < 1.29 is 4.39 Å². The van der Waals surface area contributed by atoms with Crippen molar-refractivity contribution >= 4 is 11.3 Å². The molecule has 1 N–H and O–H groups in total. The second-order valence-corrected chi connectivity index (χ2v) is 5.27. The number of halogens is 1. The van der Waals surface area contributed by atoms with E-state index in [9.17, 15) is 4.39 Å². The molecule has 19 heavy (non-hydrogen) atoms. The predicted molar refractivity (Wildman–Crippen MR) is 74.6 cm³/mol. The second-order valence-electron chi connectivity index (χ2n) is 4.21. The van der Waals surface area contributed by atoms with Gasteiger partial charge in [-0.3, -0.25) is 4.98 Å². The number of nitrogens with zero attached hydrogens (tertiary/aromatic N) is 3. The summed E-state index contributed by atoms with van der Waals surface area (Å²) in [6.45, 7) is 4.17. The highest BCUT2D eigenvalue weighted by Crippen LogP contribution is 2.25. The van der Waals surface area contributed by atoms with E-state index in [1.165, 1.54) is 17.5 Å². The zero-order valence-electron chi connectivity index (χ0n) is 10.9. The molecule has 0 aliphatic heterocycles. The molecule has 2 rings (SSSR count). The Hall–Kier alpha value is -1.40. The van der Waals surface area contributed by atoms with Crippen molar-refractivity contribution in [3.8, 4) is 10.6 Å². The lowest BCUT2D eigenvalue weighted by molar-refractivity contribution is 0.624. The SMILES string of the molecule is CCCNCCCc1nnc(-c2ccncc2F)s1. The van der Waals surface area contributed by atoms with Gasteiger partial charge in [0.05, 0.1) is 11.8 Å². The lowest BCUT2D eigenvalue weighted by Gasteiger charge is -2.00. The van der Waals surface area contributed by atoms with E-state index in [1.54, 1.807) is 12.3 Å². The molecule has 0 aromatic carbocycles. The highest BCUT2D eigenvalue weighted by atomic mass is 32.1. The Labute approximate surface area is 116 Å². The van der Waals surface area contributed by atoms with Crippen LogP contribution in [-0.4, -0.2) is 28.3 Å². The minimum atomic E-state index is -0.352. The van der Waals surface area contributed by atoms with E-state index < -0.39 is 0 Å². The Morgan fingerprint density at radius 1 is 1.32 bits per heavy atom. The van der Waals surface area contributed by atoms with Crippen LogP contribution in [0.3, 0.4) is 0 Å². The number of aromatic nitrogens is 3. The van der Waals surface area contributed by atoms with Crippen LogP contribution in [0.4, 0.5) is 4.39 Å². The van der Waals surface area contributed by atoms with E-state index >= 15 is 0 Å². The van der Waals surface area contributed by atoms with E-state index in [4.69, 9.17) is 0 Å². The quantitative estimate of drug-likeness (QED) is 0.792. The van der Waals surface area contributed by atoms with E-state index in [0.717, 1.165) is 37.4 Å². The second kappa shape index (κ2) is 7.25. The number of pyridine rings is 1. The monoisotopic (exact) mass is 280 g/mol. The summed E-state index contributed by atoms with van der Waals surface area (Å²) in [6.07, 6.45) is 5.80. The fraction of sp³-hybridized carbons (Fsp3) is 0.462. The van der Waals surface area contributed by atoms with Crippen LogP contribution >= 0.6 is 11.3 Å². The van der Waals surface area contributed by atoms with Gasteiger partial charge in [-0.15, -0.1) is 10.2 Å². The minimum Gasteiger partial charge on any atom is -0.317 e. The van der Waals surface area contributed by atoms with Crippen LogP contribution in [0.25, 0.3) is 10.6 Å². The number of rotatable bonds is 7. The normalized spacial score (nSPS) is 10.8. The molecule has 0 bridgehead atoms. The molecule has 2 aromatic heterocycles. The first-order chi connectivity index (χ1) is 9.31. The van der Waals surface area contributed by atoms with E-state index in [2.05, 4.69) is 27.4 Å². The molecular formula is C13H17FN4S. The zero-order valence-corrected chi connectivity index (χ0v) is 11.7. The summed E-state index contributed by atoms with van der Waals surface area (Å²) in [7, 11) is 0. The van der Waals surface area contributed by atoms with Crippen LogP contribution in [0, 0.1) is 5.82 Å². The molecular weight excluding hydrogens is 263 g/mol. The first-order valence-corrected chi connectivity index (χ1v) is 7.26. The molecule has 102 valence electrons. The summed E-state index contributed by atoms with van der Waals surface area (Å²) >= 11 is 1.45. The Morgan fingerprint density at radius 2 is 2.21 bits per heavy atom. The Bertz CT molecular complexity index is 515. The minimum absolute atomic E-state index is 0.352. The van der Waals surface area contributed by atoms with Gasteiger partial charge < -0.3 is 5.32 Å². The Kier molecular flexibility index (Phi) is 5.35. The maximum atomic E-state index is 13.5. The van der Waals surface area contributed by atoms with Crippen LogP contribution in [0.2, 0.25) is 0 Å². The standard InChI is InChI=1S/C13H17FN4S/c1-2-6-15-7-3-4-12-17-18-13(19-12)10-5-8-16-9-11(10)14/h5,8-9,15H,2-4,6-7H2,1H3. The molecule has 0 saturated heterocycles. The van der Waals surface area contributed by atoms with Gasteiger partial charge in [0.2, 0.25) is 0 Å². The predicted octanol–water partition coefficient (Wildman–Crippen LogP) is 2.67. The van der Waals surface area contributed by atoms with E-state index in [1.807, 2.05) is 0 Å². The molecule has 0 aliphatic carbocycles. The molecule has 0 spiro atoms. The van der Waals surface area contributed by atoms with Gasteiger partial charge in [-0.05, 0) is 32.0 Å². The van der Waals surface area contributed by atoms with Crippen molar-refractivity contribution in [3.05, 3.63) is 29.3 Å². The average molecular weight is 280 g/mol. The van der Waals surface area contributed by atoms with Crippen molar-refractivity contribution in [2.75, 3.05) is 13.1 Å². The fourth-order valence-corrected chi connectivity index (χ4v) is 2.59.